The molecule has 34 heavy (non-hydrogen) atoms. The number of phenols is 2. The van der Waals surface area contributed by atoms with Gasteiger partial charge in [-0.25, -0.2) is 14.2 Å². The van der Waals surface area contributed by atoms with Crippen LogP contribution in [-0.4, -0.2) is 44.3 Å². The summed E-state index contributed by atoms with van der Waals surface area (Å²) in [5, 5.41) is 23.2. The molecule has 3 aromatic carbocycles. The molecular weight excluding hydrogens is 483 g/mol. The van der Waals surface area contributed by atoms with Gasteiger partial charge in [0, 0.05) is 40.6 Å². The first kappa shape index (κ1) is 20.9. The zero-order chi connectivity index (χ0) is 23.6. The zero-order valence-corrected chi connectivity index (χ0v) is 18.8. The molecule has 3 aromatic rings. The standard InChI is InChI=1S/C23H16Cl2N4O5/c24-28-10-26-22(29(25)11-28)27-17-3-1-2-16-20(17)21(32)34-23(16)14-6-4-12(30)8-18(14)33-19-9-13(31)5-7-15(19)23/h1-9,30-31H,10-11H2,(H,26,27). The van der Waals surface area contributed by atoms with Gasteiger partial charge >= 0.3 is 5.97 Å². The fourth-order valence-electron chi connectivity index (χ4n) is 4.54. The molecule has 3 heterocycles. The highest BCUT2D eigenvalue weighted by Gasteiger charge is 2.54. The molecular formula is C23H16Cl2N4O5. The van der Waals surface area contributed by atoms with Gasteiger partial charge in [0.2, 0.25) is 5.96 Å². The van der Waals surface area contributed by atoms with E-state index in [0.29, 0.717) is 45.4 Å². The number of nitrogens with zero attached hydrogens (tertiary/aromatic N) is 3. The molecule has 6 rings (SSSR count). The van der Waals surface area contributed by atoms with E-state index in [1.807, 2.05) is 0 Å². The average molecular weight is 499 g/mol. The minimum atomic E-state index is -1.35. The molecule has 3 aliphatic rings. The SMILES string of the molecule is O=C1OC2(c3ccc(O)cc3Oc3cc(O)ccc32)c2cccc(NC3=NCN(Cl)CN3Cl)c21. The van der Waals surface area contributed by atoms with Gasteiger partial charge in [0.25, 0.3) is 0 Å². The van der Waals surface area contributed by atoms with E-state index in [1.165, 1.54) is 33.1 Å². The van der Waals surface area contributed by atoms with Crippen molar-refractivity contribution in [2.45, 2.75) is 5.60 Å². The van der Waals surface area contributed by atoms with Crippen molar-refractivity contribution in [1.82, 2.24) is 8.84 Å². The van der Waals surface area contributed by atoms with E-state index in [1.54, 1.807) is 30.3 Å². The summed E-state index contributed by atoms with van der Waals surface area (Å²) in [5.74, 6) is 0.371. The maximum absolute atomic E-state index is 13.4. The Hall–Kier alpha value is -3.66. The molecule has 0 aromatic heterocycles. The van der Waals surface area contributed by atoms with Crippen molar-refractivity contribution in [2.75, 3.05) is 18.7 Å². The number of fused-ring (bicyclic) bond motifs is 6. The number of rotatable bonds is 1. The molecule has 0 unspecified atom stereocenters. The van der Waals surface area contributed by atoms with Crippen LogP contribution in [0.2, 0.25) is 0 Å². The summed E-state index contributed by atoms with van der Waals surface area (Å²) >= 11 is 12.2. The number of nitrogens with one attached hydrogen (secondary N) is 1. The third-order valence-corrected chi connectivity index (χ3v) is 6.41. The molecule has 9 nitrogen and oxygen atoms in total. The highest BCUT2D eigenvalue weighted by Crippen LogP contribution is 2.57. The fourth-order valence-corrected chi connectivity index (χ4v) is 4.98. The Balaban J connectivity index is 1.56. The number of hydrogen-bond donors (Lipinski definition) is 3. The summed E-state index contributed by atoms with van der Waals surface area (Å²) in [4.78, 5) is 17.7. The maximum atomic E-state index is 13.4. The highest BCUT2D eigenvalue weighted by molar-refractivity contribution is 6.25. The molecule has 0 bridgehead atoms. The van der Waals surface area contributed by atoms with Crippen molar-refractivity contribution in [3.05, 3.63) is 76.9 Å². The van der Waals surface area contributed by atoms with E-state index in [-0.39, 0.29) is 24.8 Å². The van der Waals surface area contributed by atoms with Crippen LogP contribution in [0.3, 0.4) is 0 Å². The fraction of sp³-hybridized carbons (Fsp3) is 0.130. The number of hydrogen-bond acceptors (Lipinski definition) is 9. The van der Waals surface area contributed by atoms with Crippen molar-refractivity contribution in [3.63, 3.8) is 0 Å². The van der Waals surface area contributed by atoms with Gasteiger partial charge in [-0.3, -0.25) is 0 Å². The molecule has 3 N–H and O–H groups in total. The second-order valence-electron chi connectivity index (χ2n) is 7.98. The number of guanidine groups is 1. The van der Waals surface area contributed by atoms with Gasteiger partial charge in [-0.15, -0.1) is 0 Å². The summed E-state index contributed by atoms with van der Waals surface area (Å²) < 4.78 is 14.8. The molecule has 172 valence electrons. The van der Waals surface area contributed by atoms with Gasteiger partial charge in [-0.1, -0.05) is 12.1 Å². The number of ether oxygens (including phenoxy) is 2. The van der Waals surface area contributed by atoms with Gasteiger partial charge in [0.05, 0.1) is 11.3 Å². The van der Waals surface area contributed by atoms with E-state index in [0.717, 1.165) is 0 Å². The predicted molar refractivity (Wildman–Crippen MR) is 124 cm³/mol. The summed E-state index contributed by atoms with van der Waals surface area (Å²) in [7, 11) is 0. The van der Waals surface area contributed by atoms with Crippen molar-refractivity contribution in [2.24, 2.45) is 4.99 Å². The number of aliphatic imine (C=N–C) groups is 1. The summed E-state index contributed by atoms with van der Waals surface area (Å²) in [6, 6.07) is 14.5. The van der Waals surface area contributed by atoms with Gasteiger partial charge in [0.1, 0.15) is 36.3 Å². The lowest BCUT2D eigenvalue weighted by Crippen LogP contribution is -2.40. The summed E-state index contributed by atoms with van der Waals surface area (Å²) in [5.41, 5.74) is 1.07. The van der Waals surface area contributed by atoms with E-state index in [9.17, 15) is 15.0 Å². The summed E-state index contributed by atoms with van der Waals surface area (Å²) in [6.45, 7) is 0.449. The number of halogens is 2. The normalized spacial score (nSPS) is 17.9. The number of carbonyl (C=O) groups excluding carboxylic acids is 1. The third-order valence-electron chi connectivity index (χ3n) is 5.93. The molecule has 0 saturated heterocycles. The van der Waals surface area contributed by atoms with Crippen LogP contribution in [0, 0.1) is 0 Å². The lowest BCUT2D eigenvalue weighted by atomic mass is 9.77. The van der Waals surface area contributed by atoms with E-state index >= 15 is 0 Å². The quantitative estimate of drug-likeness (QED) is 0.337. The van der Waals surface area contributed by atoms with E-state index in [4.69, 9.17) is 33.0 Å². The molecule has 0 aliphatic carbocycles. The molecule has 0 fully saturated rings. The summed E-state index contributed by atoms with van der Waals surface area (Å²) in [6.07, 6.45) is 0. The number of benzene rings is 3. The van der Waals surface area contributed by atoms with Crippen LogP contribution in [0.4, 0.5) is 5.69 Å². The van der Waals surface area contributed by atoms with Gasteiger partial charge in [-0.05, 0) is 42.1 Å². The number of anilines is 1. The second kappa shape index (κ2) is 7.42. The molecule has 11 heteroatoms. The Kier molecular flexibility index (Phi) is 4.57. The first-order valence-electron chi connectivity index (χ1n) is 10.2. The van der Waals surface area contributed by atoms with Gasteiger partial charge < -0.3 is 25.0 Å². The molecule has 1 spiro atoms. The molecule has 0 amide bonds. The number of carbonyl (C=O) groups is 1. The van der Waals surface area contributed by atoms with Crippen LogP contribution in [0.15, 0.2) is 59.6 Å². The van der Waals surface area contributed by atoms with Crippen molar-refractivity contribution >= 4 is 41.2 Å². The second-order valence-corrected chi connectivity index (χ2v) is 8.86. The van der Waals surface area contributed by atoms with E-state index in [2.05, 4.69) is 10.3 Å². The lowest BCUT2D eigenvalue weighted by molar-refractivity contribution is 0.0224. The first-order valence-corrected chi connectivity index (χ1v) is 10.9. The Labute approximate surface area is 203 Å². The smallest absolute Gasteiger partial charge is 0.342 e. The van der Waals surface area contributed by atoms with Gasteiger partial charge in [0.15, 0.2) is 5.60 Å². The Bertz CT molecular complexity index is 1340. The monoisotopic (exact) mass is 498 g/mol. The number of esters is 1. The minimum absolute atomic E-state index is 0.0108. The lowest BCUT2D eigenvalue weighted by Gasteiger charge is -2.36. The number of aromatic hydroxyl groups is 2. The molecule has 0 saturated carbocycles. The van der Waals surface area contributed by atoms with E-state index < -0.39 is 11.6 Å². The van der Waals surface area contributed by atoms with Crippen LogP contribution < -0.4 is 10.1 Å². The third kappa shape index (κ3) is 2.98. The van der Waals surface area contributed by atoms with Crippen LogP contribution >= 0.6 is 23.6 Å². The van der Waals surface area contributed by atoms with Crippen LogP contribution in [0.1, 0.15) is 27.0 Å². The minimum Gasteiger partial charge on any atom is -0.508 e. The maximum Gasteiger partial charge on any atom is 0.342 e. The predicted octanol–water partition coefficient (Wildman–Crippen LogP) is 4.27. The topological polar surface area (TPSA) is 107 Å². The van der Waals surface area contributed by atoms with Crippen LogP contribution in [0.25, 0.3) is 0 Å². The van der Waals surface area contributed by atoms with Crippen LogP contribution in [-0.2, 0) is 10.3 Å². The van der Waals surface area contributed by atoms with Gasteiger partial charge in [-0.2, -0.15) is 4.42 Å². The molecule has 3 aliphatic heterocycles. The van der Waals surface area contributed by atoms with Crippen molar-refractivity contribution in [1.29, 1.82) is 0 Å². The van der Waals surface area contributed by atoms with Crippen molar-refractivity contribution < 1.29 is 24.5 Å². The largest absolute Gasteiger partial charge is 0.508 e. The Morgan fingerprint density at radius 1 is 0.971 bits per heavy atom. The average Bonchev–Trinajstić information content (AvgIpc) is 3.09. The Morgan fingerprint density at radius 3 is 2.29 bits per heavy atom. The first-order chi connectivity index (χ1) is 16.4. The number of phenolic OH excluding ortho intramolecular Hbond substituents is 2. The van der Waals surface area contributed by atoms with Crippen molar-refractivity contribution in [3.8, 4) is 23.0 Å². The Morgan fingerprint density at radius 2 is 1.65 bits per heavy atom. The zero-order valence-electron chi connectivity index (χ0n) is 17.3. The molecule has 0 radical (unpaired) electrons. The molecule has 0 atom stereocenters. The van der Waals surface area contributed by atoms with Crippen LogP contribution in [0.5, 0.6) is 23.0 Å². The highest BCUT2D eigenvalue weighted by atomic mass is 35.5.